The summed E-state index contributed by atoms with van der Waals surface area (Å²) in [5.41, 5.74) is -1.48. The smallest absolute Gasteiger partial charge is 0.448 e. The Morgan fingerprint density at radius 2 is 1.32 bits per heavy atom. The van der Waals surface area contributed by atoms with Crippen LogP contribution in [-0.4, -0.2) is 30.0 Å². The molecule has 0 aliphatic carbocycles. The van der Waals surface area contributed by atoms with Gasteiger partial charge in [-0.1, -0.05) is 79.1 Å². The van der Waals surface area contributed by atoms with E-state index < -0.39 is 34.2 Å². The zero-order valence-electron chi connectivity index (χ0n) is 17.8. The summed E-state index contributed by atoms with van der Waals surface area (Å²) in [6.45, 7) is 7.87. The van der Waals surface area contributed by atoms with E-state index in [-0.39, 0.29) is 11.8 Å². The van der Waals surface area contributed by atoms with Gasteiger partial charge in [0.25, 0.3) is 0 Å². The first-order valence-electron chi connectivity index (χ1n) is 10.5. The minimum atomic E-state index is -5.02. The van der Waals surface area contributed by atoms with Crippen molar-refractivity contribution >= 4 is 22.3 Å². The van der Waals surface area contributed by atoms with Gasteiger partial charge in [-0.2, -0.15) is 8.42 Å². The molecule has 0 saturated carbocycles. The Balaban J connectivity index is 6.22. The van der Waals surface area contributed by atoms with E-state index in [1.165, 1.54) is 0 Å². The topological polar surface area (TPSA) is 118 Å². The maximum absolute atomic E-state index is 13.1. The van der Waals surface area contributed by atoms with Crippen molar-refractivity contribution in [3.05, 3.63) is 0 Å². The molecule has 0 spiro atoms. The number of rotatable bonds is 16. The van der Waals surface area contributed by atoms with Crippen LogP contribution in [-0.2, 0) is 24.2 Å². The van der Waals surface area contributed by atoms with Crippen LogP contribution >= 0.6 is 0 Å². The number of hydrogen-bond acceptors (Lipinski definition) is 5. The monoisotopic (exact) mass is 422 g/mol. The minimum Gasteiger partial charge on any atom is -0.481 e. The highest BCUT2D eigenvalue weighted by molar-refractivity contribution is 7.81. The Labute approximate surface area is 170 Å². The predicted octanol–water partition coefficient (Wildman–Crippen LogP) is 5.01. The van der Waals surface area contributed by atoms with Crippen molar-refractivity contribution in [2.24, 2.45) is 17.3 Å². The number of carboxylic acids is 1. The van der Waals surface area contributed by atoms with Gasteiger partial charge in [-0.25, -0.2) is 0 Å². The molecule has 0 aromatic heterocycles. The second-order valence-electron chi connectivity index (χ2n) is 7.61. The summed E-state index contributed by atoms with van der Waals surface area (Å²) in [6.07, 6.45) is 7.27. The fraction of sp³-hybridized carbons (Fsp3) is 0.900. The second kappa shape index (κ2) is 13.1. The molecule has 0 amide bonds. The van der Waals surface area contributed by atoms with Crippen molar-refractivity contribution < 1.29 is 31.8 Å². The molecule has 0 aliphatic rings. The summed E-state index contributed by atoms with van der Waals surface area (Å²) in [6, 6.07) is 0. The number of aliphatic carboxylic acids is 1. The van der Waals surface area contributed by atoms with Crippen LogP contribution in [0.2, 0.25) is 0 Å². The summed E-state index contributed by atoms with van der Waals surface area (Å²) >= 11 is 0. The molecule has 0 radical (unpaired) electrons. The third-order valence-electron chi connectivity index (χ3n) is 5.76. The summed E-state index contributed by atoms with van der Waals surface area (Å²) in [5, 5.41) is 9.61. The molecule has 2 unspecified atom stereocenters. The molecular formula is C20H38O7S. The summed E-state index contributed by atoms with van der Waals surface area (Å²) in [7, 11) is -5.02. The largest absolute Gasteiger partial charge is 0.481 e. The Bertz CT molecular complexity index is 553. The molecule has 0 heterocycles. The highest BCUT2D eigenvalue weighted by Crippen LogP contribution is 2.48. The quantitative estimate of drug-likeness (QED) is 0.265. The van der Waals surface area contributed by atoms with Gasteiger partial charge >= 0.3 is 22.3 Å². The first-order valence-corrected chi connectivity index (χ1v) is 11.9. The Morgan fingerprint density at radius 3 is 1.61 bits per heavy atom. The molecule has 28 heavy (non-hydrogen) atoms. The maximum Gasteiger partial charge on any atom is 0.448 e. The molecule has 8 heteroatoms. The molecular weight excluding hydrogens is 384 g/mol. The van der Waals surface area contributed by atoms with Crippen molar-refractivity contribution in [1.82, 2.24) is 0 Å². The van der Waals surface area contributed by atoms with Gasteiger partial charge < -0.3 is 9.29 Å². The Hall–Kier alpha value is -1.15. The molecule has 0 rings (SSSR count). The van der Waals surface area contributed by atoms with Crippen molar-refractivity contribution in [2.75, 3.05) is 0 Å². The summed E-state index contributed by atoms with van der Waals surface area (Å²) < 4.78 is 36.1. The van der Waals surface area contributed by atoms with Gasteiger partial charge in [-0.3, -0.25) is 14.1 Å². The first kappa shape index (κ1) is 26.9. The fourth-order valence-electron chi connectivity index (χ4n) is 4.38. The van der Waals surface area contributed by atoms with Crippen molar-refractivity contribution in [1.29, 1.82) is 0 Å². The lowest BCUT2D eigenvalue weighted by molar-refractivity contribution is -0.163. The van der Waals surface area contributed by atoms with Gasteiger partial charge in [-0.15, -0.1) is 0 Å². The third kappa shape index (κ3) is 8.47. The average molecular weight is 423 g/mol. The van der Waals surface area contributed by atoms with E-state index >= 15 is 0 Å². The molecule has 0 saturated heterocycles. The van der Waals surface area contributed by atoms with Crippen LogP contribution in [0.25, 0.3) is 0 Å². The van der Waals surface area contributed by atoms with Gasteiger partial charge in [0.15, 0.2) is 0 Å². The molecule has 0 aromatic carbocycles. The van der Waals surface area contributed by atoms with E-state index in [1.807, 2.05) is 13.8 Å². The predicted molar refractivity (Wildman–Crippen MR) is 108 cm³/mol. The van der Waals surface area contributed by atoms with E-state index in [1.54, 1.807) is 0 Å². The third-order valence-corrected chi connectivity index (χ3v) is 6.12. The molecule has 0 bridgehead atoms. The maximum atomic E-state index is 13.1. The van der Waals surface area contributed by atoms with E-state index in [4.69, 9.17) is 4.55 Å². The minimum absolute atomic E-state index is 0.337. The van der Waals surface area contributed by atoms with Crippen LogP contribution in [0.3, 0.4) is 0 Å². The second-order valence-corrected chi connectivity index (χ2v) is 8.63. The van der Waals surface area contributed by atoms with Gasteiger partial charge in [0.2, 0.25) is 0 Å². The normalized spacial score (nSPS) is 16.2. The molecule has 166 valence electrons. The summed E-state index contributed by atoms with van der Waals surface area (Å²) in [5.74, 6) is -2.98. The molecule has 0 aromatic rings. The van der Waals surface area contributed by atoms with E-state index in [0.717, 1.165) is 38.5 Å². The molecule has 2 N–H and O–H groups in total. The molecule has 0 aliphatic heterocycles. The van der Waals surface area contributed by atoms with Crippen LogP contribution in [0.1, 0.15) is 98.3 Å². The zero-order valence-corrected chi connectivity index (χ0v) is 18.6. The number of carbonyl (C=O) groups is 2. The molecule has 2 atom stereocenters. The number of hydrogen-bond donors (Lipinski definition) is 2. The number of carbonyl (C=O) groups excluding carboxylic acids is 1. The SMILES string of the molecule is CCCCCC(CC)C(CC(=O)O)(C(=O)OS(=O)(=O)O)C(CC)CCCCC. The summed E-state index contributed by atoms with van der Waals surface area (Å²) in [4.78, 5) is 24.8. The first-order chi connectivity index (χ1) is 13.1. The highest BCUT2D eigenvalue weighted by Gasteiger charge is 2.53. The lowest BCUT2D eigenvalue weighted by Crippen LogP contribution is -2.48. The van der Waals surface area contributed by atoms with Gasteiger partial charge in [-0.05, 0) is 24.7 Å². The van der Waals surface area contributed by atoms with Gasteiger partial charge in [0, 0.05) is 0 Å². The van der Waals surface area contributed by atoms with Crippen LogP contribution in [0.15, 0.2) is 0 Å². The Kier molecular flexibility index (Phi) is 12.6. The van der Waals surface area contributed by atoms with Crippen molar-refractivity contribution in [3.63, 3.8) is 0 Å². The zero-order chi connectivity index (χ0) is 21.8. The fourth-order valence-corrected chi connectivity index (χ4v) is 4.73. The van der Waals surface area contributed by atoms with Crippen molar-refractivity contribution in [3.8, 4) is 0 Å². The van der Waals surface area contributed by atoms with Crippen LogP contribution in [0.5, 0.6) is 0 Å². The van der Waals surface area contributed by atoms with Crippen LogP contribution in [0, 0.1) is 17.3 Å². The lowest BCUT2D eigenvalue weighted by atomic mass is 9.60. The van der Waals surface area contributed by atoms with E-state index in [0.29, 0.717) is 25.7 Å². The average Bonchev–Trinajstić information content (AvgIpc) is 2.59. The van der Waals surface area contributed by atoms with Crippen LogP contribution in [0.4, 0.5) is 0 Å². The van der Waals surface area contributed by atoms with Crippen LogP contribution < -0.4 is 0 Å². The van der Waals surface area contributed by atoms with Crippen molar-refractivity contribution in [2.45, 2.75) is 98.3 Å². The lowest BCUT2D eigenvalue weighted by Gasteiger charge is -2.43. The molecule has 7 nitrogen and oxygen atoms in total. The Morgan fingerprint density at radius 1 is 0.893 bits per heavy atom. The standard InChI is InChI=1S/C20H38O7S/c1-5-9-11-13-16(7-3)20(15-18(21)22,19(23)27-28(24,25)26)17(8-4)14-12-10-6-2/h16-17H,5-15H2,1-4H3,(H,21,22)(H,24,25,26). The van der Waals surface area contributed by atoms with Gasteiger partial charge in [0.05, 0.1) is 11.8 Å². The molecule has 0 fully saturated rings. The number of carboxylic acid groups (broad SMARTS) is 1. The van der Waals surface area contributed by atoms with E-state index in [2.05, 4.69) is 18.0 Å². The highest BCUT2D eigenvalue weighted by atomic mass is 32.3. The number of unbranched alkanes of at least 4 members (excludes halogenated alkanes) is 4. The van der Waals surface area contributed by atoms with E-state index in [9.17, 15) is 23.1 Å². The van der Waals surface area contributed by atoms with Gasteiger partial charge in [0.1, 0.15) is 0 Å².